The van der Waals surface area contributed by atoms with E-state index >= 15 is 0 Å². The van der Waals surface area contributed by atoms with E-state index in [1.165, 1.54) is 6.20 Å². The fourth-order valence-electron chi connectivity index (χ4n) is 2.94. The van der Waals surface area contributed by atoms with Crippen LogP contribution in [0.15, 0.2) is 35.1 Å². The van der Waals surface area contributed by atoms with Gasteiger partial charge in [0.2, 0.25) is 0 Å². The lowest BCUT2D eigenvalue weighted by Crippen LogP contribution is -2.26. The van der Waals surface area contributed by atoms with Crippen LogP contribution in [0.2, 0.25) is 0 Å². The summed E-state index contributed by atoms with van der Waals surface area (Å²) < 4.78 is 34.9. The van der Waals surface area contributed by atoms with Gasteiger partial charge in [-0.05, 0) is 24.6 Å². The zero-order chi connectivity index (χ0) is 18.9. The second-order valence-electron chi connectivity index (χ2n) is 6.47. The number of esters is 1. The van der Waals surface area contributed by atoms with Gasteiger partial charge in [0.05, 0.1) is 31.5 Å². The Morgan fingerprint density at radius 1 is 1.46 bits per heavy atom. The highest BCUT2D eigenvalue weighted by Gasteiger charge is 2.45. The number of ether oxygens (including phenoxy) is 1. The van der Waals surface area contributed by atoms with Crippen molar-refractivity contribution in [3.63, 3.8) is 0 Å². The van der Waals surface area contributed by atoms with Gasteiger partial charge in [-0.25, -0.2) is 13.6 Å². The summed E-state index contributed by atoms with van der Waals surface area (Å²) in [5.74, 6) is -3.73. The molecule has 5 nitrogen and oxygen atoms in total. The molecule has 2 aromatic rings. The van der Waals surface area contributed by atoms with Crippen LogP contribution in [-0.2, 0) is 11.3 Å². The number of carbonyl (C=O) groups is 1. The van der Waals surface area contributed by atoms with E-state index in [9.17, 15) is 13.6 Å². The molecule has 0 N–H and O–H groups in total. The number of aromatic nitrogens is 2. The van der Waals surface area contributed by atoms with Crippen LogP contribution in [-0.4, -0.2) is 41.4 Å². The predicted molar refractivity (Wildman–Crippen MR) is 97.8 cm³/mol. The average molecular weight is 428 g/mol. The first kappa shape index (κ1) is 18.8. The molecule has 0 saturated carbocycles. The van der Waals surface area contributed by atoms with E-state index in [2.05, 4.69) is 21.0 Å². The van der Waals surface area contributed by atoms with Crippen molar-refractivity contribution in [2.45, 2.75) is 26.3 Å². The predicted octanol–water partition coefficient (Wildman–Crippen LogP) is 3.96. The number of alkyl halides is 2. The minimum atomic E-state index is -2.66. The van der Waals surface area contributed by atoms with Crippen molar-refractivity contribution >= 4 is 27.6 Å². The first-order chi connectivity index (χ1) is 12.3. The third-order valence-corrected chi connectivity index (χ3v) is 5.23. The first-order valence-corrected chi connectivity index (χ1v) is 9.20. The molecule has 1 aliphatic rings. The van der Waals surface area contributed by atoms with Crippen LogP contribution in [0.4, 0.5) is 14.5 Å². The molecule has 1 saturated heterocycles. The molecule has 140 valence electrons. The molecule has 1 atom stereocenters. The van der Waals surface area contributed by atoms with Gasteiger partial charge in [0.1, 0.15) is 0 Å². The Bertz CT molecular complexity index is 809. The van der Waals surface area contributed by atoms with Crippen LogP contribution in [0.5, 0.6) is 0 Å². The number of halogens is 3. The Kier molecular flexibility index (Phi) is 5.32. The highest BCUT2D eigenvalue weighted by Crippen LogP contribution is 2.36. The van der Waals surface area contributed by atoms with Crippen LogP contribution in [0.1, 0.15) is 29.8 Å². The molecule has 1 aromatic carbocycles. The molecule has 0 aliphatic carbocycles. The summed E-state index contributed by atoms with van der Waals surface area (Å²) in [6.45, 7) is 4.15. The summed E-state index contributed by atoms with van der Waals surface area (Å²) >= 11 is 3.51. The zero-order valence-corrected chi connectivity index (χ0v) is 16.2. The van der Waals surface area contributed by atoms with Crippen molar-refractivity contribution < 1.29 is 18.3 Å². The van der Waals surface area contributed by atoms with E-state index < -0.39 is 17.8 Å². The highest BCUT2D eigenvalue weighted by molar-refractivity contribution is 9.10. The molecular formula is C18H20BrF2N3O2. The summed E-state index contributed by atoms with van der Waals surface area (Å²) in [5, 5.41) is 4.17. The van der Waals surface area contributed by atoms with Crippen molar-refractivity contribution in [1.82, 2.24) is 9.78 Å². The molecular weight excluding hydrogens is 408 g/mol. The number of carbonyl (C=O) groups excluding carboxylic acids is 1. The monoisotopic (exact) mass is 427 g/mol. The van der Waals surface area contributed by atoms with E-state index in [1.807, 2.05) is 18.2 Å². The molecule has 3 rings (SSSR count). The van der Waals surface area contributed by atoms with E-state index in [-0.39, 0.29) is 6.54 Å². The molecule has 0 radical (unpaired) electrons. The molecule has 26 heavy (non-hydrogen) atoms. The second-order valence-corrected chi connectivity index (χ2v) is 7.32. The van der Waals surface area contributed by atoms with Gasteiger partial charge in [0, 0.05) is 28.8 Å². The summed E-state index contributed by atoms with van der Waals surface area (Å²) in [6, 6.07) is 5.56. The molecule has 2 heterocycles. The van der Waals surface area contributed by atoms with Gasteiger partial charge in [-0.3, -0.25) is 4.68 Å². The SMILES string of the molecule is CCOC(=O)c1cnn(Cc2ccc(N3CC(C)C(F)(F)C3)cc2Br)c1. The maximum Gasteiger partial charge on any atom is 0.341 e. The number of hydrogen-bond acceptors (Lipinski definition) is 4. The van der Waals surface area contributed by atoms with Crippen molar-refractivity contribution in [1.29, 1.82) is 0 Å². The number of nitrogens with zero attached hydrogens (tertiary/aromatic N) is 3. The summed E-state index contributed by atoms with van der Waals surface area (Å²) in [6.07, 6.45) is 3.09. The quantitative estimate of drug-likeness (QED) is 0.677. The van der Waals surface area contributed by atoms with Gasteiger partial charge in [0.15, 0.2) is 0 Å². The molecule has 8 heteroatoms. The van der Waals surface area contributed by atoms with Crippen molar-refractivity contribution in [2.75, 3.05) is 24.6 Å². The van der Waals surface area contributed by atoms with Gasteiger partial charge in [-0.2, -0.15) is 5.10 Å². The molecule has 0 spiro atoms. The minimum absolute atomic E-state index is 0.262. The largest absolute Gasteiger partial charge is 0.462 e. The van der Waals surface area contributed by atoms with Crippen molar-refractivity contribution in [2.24, 2.45) is 5.92 Å². The fraction of sp³-hybridized carbons (Fsp3) is 0.444. The van der Waals surface area contributed by atoms with Crippen LogP contribution in [0, 0.1) is 5.92 Å². The Labute approximate surface area is 159 Å². The van der Waals surface area contributed by atoms with Crippen LogP contribution < -0.4 is 4.90 Å². The Morgan fingerprint density at radius 2 is 2.23 bits per heavy atom. The van der Waals surface area contributed by atoms with Gasteiger partial charge >= 0.3 is 5.97 Å². The number of rotatable bonds is 5. The van der Waals surface area contributed by atoms with Gasteiger partial charge in [-0.1, -0.05) is 28.9 Å². The van der Waals surface area contributed by atoms with Crippen molar-refractivity contribution in [3.8, 4) is 0 Å². The molecule has 0 bridgehead atoms. The van der Waals surface area contributed by atoms with E-state index in [1.54, 1.807) is 29.6 Å². The van der Waals surface area contributed by atoms with Crippen LogP contribution >= 0.6 is 15.9 Å². The van der Waals surface area contributed by atoms with E-state index in [4.69, 9.17) is 4.74 Å². The highest BCUT2D eigenvalue weighted by atomic mass is 79.9. The smallest absolute Gasteiger partial charge is 0.341 e. The average Bonchev–Trinajstić information content (AvgIpc) is 3.14. The molecule has 1 unspecified atom stereocenters. The first-order valence-electron chi connectivity index (χ1n) is 8.41. The van der Waals surface area contributed by atoms with E-state index in [0.717, 1.165) is 15.7 Å². The lowest BCUT2D eigenvalue weighted by atomic mass is 10.1. The zero-order valence-electron chi connectivity index (χ0n) is 14.6. The molecule has 1 aromatic heterocycles. The normalized spacial score (nSPS) is 19.0. The minimum Gasteiger partial charge on any atom is -0.462 e. The number of anilines is 1. The van der Waals surface area contributed by atoms with Gasteiger partial charge in [0.25, 0.3) is 5.92 Å². The Hall–Kier alpha value is -1.96. The second kappa shape index (κ2) is 7.34. The lowest BCUT2D eigenvalue weighted by molar-refractivity contribution is -0.0137. The Morgan fingerprint density at radius 3 is 2.85 bits per heavy atom. The molecule has 1 aliphatic heterocycles. The summed E-state index contributed by atoms with van der Waals surface area (Å²) in [4.78, 5) is 13.4. The Balaban J connectivity index is 1.72. The van der Waals surface area contributed by atoms with Crippen molar-refractivity contribution in [3.05, 3.63) is 46.2 Å². The maximum atomic E-state index is 13.8. The topological polar surface area (TPSA) is 47.4 Å². The van der Waals surface area contributed by atoms with E-state index in [0.29, 0.717) is 25.3 Å². The standard InChI is InChI=1S/C18H20BrF2N3O2/c1-3-26-17(25)14-7-22-24(10-14)9-13-4-5-15(6-16(13)19)23-8-12(2)18(20,21)11-23/h4-7,10,12H,3,8-9,11H2,1-2H3. The third kappa shape index (κ3) is 3.90. The molecule has 1 fully saturated rings. The number of benzene rings is 1. The third-order valence-electron chi connectivity index (χ3n) is 4.50. The summed E-state index contributed by atoms with van der Waals surface area (Å²) in [7, 11) is 0. The van der Waals surface area contributed by atoms with Gasteiger partial charge < -0.3 is 9.64 Å². The number of hydrogen-bond donors (Lipinski definition) is 0. The lowest BCUT2D eigenvalue weighted by Gasteiger charge is -2.19. The van der Waals surface area contributed by atoms with Crippen LogP contribution in [0.3, 0.4) is 0 Å². The van der Waals surface area contributed by atoms with Crippen LogP contribution in [0.25, 0.3) is 0 Å². The fourth-order valence-corrected chi connectivity index (χ4v) is 3.43. The van der Waals surface area contributed by atoms with Gasteiger partial charge in [-0.15, -0.1) is 0 Å². The molecule has 0 amide bonds. The summed E-state index contributed by atoms with van der Waals surface area (Å²) in [5.41, 5.74) is 2.09. The maximum absolute atomic E-state index is 13.8.